The first-order valence-electron chi connectivity index (χ1n) is 3.88. The Hall–Kier alpha value is -0.480. The van der Waals surface area contributed by atoms with Gasteiger partial charge in [-0.2, -0.15) is 0 Å². The molecule has 82 valence electrons. The van der Waals surface area contributed by atoms with E-state index in [0.29, 0.717) is 15.8 Å². The molecular weight excluding hydrogens is 262 g/mol. The molecule has 0 spiro atoms. The second kappa shape index (κ2) is 5.56. The average molecular weight is 270 g/mol. The fourth-order valence-corrected chi connectivity index (χ4v) is 1.55. The highest BCUT2D eigenvalue weighted by Gasteiger charge is 2.17. The summed E-state index contributed by atoms with van der Waals surface area (Å²) in [7, 11) is 1.30. The van der Waals surface area contributed by atoms with Crippen molar-refractivity contribution in [2.24, 2.45) is 0 Å². The number of carbonyl (C=O) groups excluding carboxylic acids is 1. The summed E-state index contributed by atoms with van der Waals surface area (Å²) in [4.78, 5) is 10.8. The van der Waals surface area contributed by atoms with E-state index in [9.17, 15) is 4.79 Å². The maximum absolute atomic E-state index is 10.8. The first-order valence-corrected chi connectivity index (χ1v) is 5.01. The minimum atomic E-state index is -1.17. The second-order valence-electron chi connectivity index (χ2n) is 2.59. The number of halogens is 3. The van der Waals surface area contributed by atoms with E-state index in [2.05, 4.69) is 0 Å². The first-order chi connectivity index (χ1) is 7.02. The summed E-state index contributed by atoms with van der Waals surface area (Å²) < 4.78 is 9.82. The number of rotatable bonds is 4. The number of carbonyl (C=O) groups is 1. The van der Waals surface area contributed by atoms with Crippen molar-refractivity contribution in [3.63, 3.8) is 0 Å². The molecule has 0 saturated heterocycles. The molecule has 0 heterocycles. The van der Waals surface area contributed by atoms with Crippen LogP contribution in [0.3, 0.4) is 0 Å². The lowest BCUT2D eigenvalue weighted by molar-refractivity contribution is -0.136. The van der Waals surface area contributed by atoms with Crippen molar-refractivity contribution in [2.75, 3.05) is 7.11 Å². The molecule has 0 aliphatic rings. The van der Waals surface area contributed by atoms with Crippen LogP contribution in [-0.2, 0) is 9.53 Å². The predicted octanol–water partition coefficient (Wildman–Crippen LogP) is 3.11. The van der Waals surface area contributed by atoms with Crippen LogP contribution in [0.15, 0.2) is 18.2 Å². The van der Waals surface area contributed by atoms with Gasteiger partial charge in [-0.15, -0.1) is 0 Å². The van der Waals surface area contributed by atoms with Gasteiger partial charge in [-0.25, -0.2) is 0 Å². The van der Waals surface area contributed by atoms with Gasteiger partial charge >= 0.3 is 0 Å². The van der Waals surface area contributed by atoms with E-state index in [1.165, 1.54) is 19.2 Å². The molecule has 6 heteroatoms. The Morgan fingerprint density at radius 3 is 2.20 bits per heavy atom. The zero-order chi connectivity index (χ0) is 11.4. The Kier molecular flexibility index (Phi) is 4.67. The monoisotopic (exact) mass is 268 g/mol. The van der Waals surface area contributed by atoms with E-state index in [1.807, 2.05) is 0 Å². The van der Waals surface area contributed by atoms with Crippen LogP contribution >= 0.6 is 34.8 Å². The zero-order valence-corrected chi connectivity index (χ0v) is 9.94. The average Bonchev–Trinajstić information content (AvgIpc) is 2.12. The third kappa shape index (κ3) is 3.87. The normalized spacial score (nSPS) is 12.3. The molecule has 0 saturated carbocycles. The molecule has 0 aromatic heterocycles. The van der Waals surface area contributed by atoms with Gasteiger partial charge in [-0.3, -0.25) is 4.79 Å². The van der Waals surface area contributed by atoms with E-state index >= 15 is 0 Å². The van der Waals surface area contributed by atoms with E-state index in [1.54, 1.807) is 6.07 Å². The van der Waals surface area contributed by atoms with Crippen molar-refractivity contribution in [2.45, 2.75) is 6.29 Å². The standard InChI is InChI=1S/C9H7Cl3O3/c1-14-9(8(12)13)15-7-3-5(10)2-6(11)4-7/h2-4,9H,1H3. The van der Waals surface area contributed by atoms with Gasteiger partial charge in [0.1, 0.15) is 5.75 Å². The van der Waals surface area contributed by atoms with Gasteiger partial charge in [0.25, 0.3) is 11.5 Å². The van der Waals surface area contributed by atoms with E-state index in [-0.39, 0.29) is 0 Å². The second-order valence-corrected chi connectivity index (χ2v) is 3.84. The maximum Gasteiger partial charge on any atom is 0.290 e. The number of hydrogen-bond donors (Lipinski definition) is 0. The molecule has 3 nitrogen and oxygen atoms in total. The Morgan fingerprint density at radius 1 is 1.27 bits per heavy atom. The van der Waals surface area contributed by atoms with Gasteiger partial charge in [0.2, 0.25) is 0 Å². The molecule has 0 radical (unpaired) electrons. The lowest BCUT2D eigenvalue weighted by atomic mass is 10.3. The molecule has 1 aromatic rings. The fraction of sp³-hybridized carbons (Fsp3) is 0.222. The van der Waals surface area contributed by atoms with Crippen LogP contribution in [0.5, 0.6) is 5.75 Å². The van der Waals surface area contributed by atoms with Crippen molar-refractivity contribution >= 4 is 40.0 Å². The first kappa shape index (κ1) is 12.6. The Balaban J connectivity index is 2.83. The van der Waals surface area contributed by atoms with Crippen LogP contribution in [0, 0.1) is 0 Å². The SMILES string of the molecule is COC(Oc1cc(Cl)cc(Cl)c1)C(=O)Cl. The van der Waals surface area contributed by atoms with Gasteiger partial charge in [0, 0.05) is 17.2 Å². The van der Waals surface area contributed by atoms with Gasteiger partial charge in [0.15, 0.2) is 0 Å². The predicted molar refractivity (Wildman–Crippen MR) is 58.7 cm³/mol. The van der Waals surface area contributed by atoms with Gasteiger partial charge in [0.05, 0.1) is 0 Å². The van der Waals surface area contributed by atoms with Crippen LogP contribution in [0.4, 0.5) is 0 Å². The highest BCUT2D eigenvalue weighted by atomic mass is 35.5. The third-order valence-electron chi connectivity index (χ3n) is 1.48. The van der Waals surface area contributed by atoms with Gasteiger partial charge in [-0.05, 0) is 29.8 Å². The Bertz CT molecular complexity index is 347. The molecule has 0 fully saturated rings. The summed E-state index contributed by atoms with van der Waals surface area (Å²) in [6.07, 6.45) is -1.17. The lowest BCUT2D eigenvalue weighted by Crippen LogP contribution is -2.25. The van der Waals surface area contributed by atoms with Crippen LogP contribution in [0.1, 0.15) is 0 Å². The molecule has 1 unspecified atom stereocenters. The smallest absolute Gasteiger partial charge is 0.290 e. The van der Waals surface area contributed by atoms with E-state index < -0.39 is 11.5 Å². The fourth-order valence-electron chi connectivity index (χ4n) is 0.907. The number of methoxy groups -OCH3 is 1. The summed E-state index contributed by atoms with van der Waals surface area (Å²) in [6.45, 7) is 0. The summed E-state index contributed by atoms with van der Waals surface area (Å²) >= 11 is 16.7. The molecular formula is C9H7Cl3O3. The molecule has 15 heavy (non-hydrogen) atoms. The maximum atomic E-state index is 10.8. The molecule has 0 bridgehead atoms. The van der Waals surface area contributed by atoms with Gasteiger partial charge in [-0.1, -0.05) is 23.2 Å². The van der Waals surface area contributed by atoms with Gasteiger partial charge < -0.3 is 9.47 Å². The molecule has 1 rings (SSSR count). The van der Waals surface area contributed by atoms with Crippen molar-refractivity contribution in [1.29, 1.82) is 0 Å². The van der Waals surface area contributed by atoms with Crippen molar-refractivity contribution < 1.29 is 14.3 Å². The Labute approximate surface area is 102 Å². The van der Waals surface area contributed by atoms with E-state index in [4.69, 9.17) is 44.3 Å². The molecule has 0 aliphatic heterocycles. The van der Waals surface area contributed by atoms with Crippen molar-refractivity contribution in [3.05, 3.63) is 28.2 Å². The molecule has 0 aliphatic carbocycles. The number of benzene rings is 1. The molecule has 1 aromatic carbocycles. The number of hydrogen-bond acceptors (Lipinski definition) is 3. The third-order valence-corrected chi connectivity index (χ3v) is 2.09. The number of ether oxygens (including phenoxy) is 2. The van der Waals surface area contributed by atoms with Crippen LogP contribution < -0.4 is 4.74 Å². The minimum Gasteiger partial charge on any atom is -0.456 e. The Morgan fingerprint density at radius 2 is 1.80 bits per heavy atom. The van der Waals surface area contributed by atoms with Crippen LogP contribution in [0.25, 0.3) is 0 Å². The quantitative estimate of drug-likeness (QED) is 0.622. The minimum absolute atomic E-state index is 0.313. The molecule has 1 atom stereocenters. The highest BCUT2D eigenvalue weighted by molar-refractivity contribution is 6.64. The highest BCUT2D eigenvalue weighted by Crippen LogP contribution is 2.25. The molecule has 0 amide bonds. The topological polar surface area (TPSA) is 35.5 Å². The van der Waals surface area contributed by atoms with Crippen molar-refractivity contribution in [3.8, 4) is 5.75 Å². The summed E-state index contributed by atoms with van der Waals surface area (Å²) in [6, 6.07) is 4.54. The molecule has 0 N–H and O–H groups in total. The summed E-state index contributed by atoms with van der Waals surface area (Å²) in [5.74, 6) is 0.313. The van der Waals surface area contributed by atoms with E-state index in [0.717, 1.165) is 0 Å². The van der Waals surface area contributed by atoms with Crippen LogP contribution in [-0.4, -0.2) is 18.6 Å². The van der Waals surface area contributed by atoms with Crippen LogP contribution in [0.2, 0.25) is 10.0 Å². The van der Waals surface area contributed by atoms with Crippen molar-refractivity contribution in [1.82, 2.24) is 0 Å². The lowest BCUT2D eigenvalue weighted by Gasteiger charge is -2.13. The summed E-state index contributed by atoms with van der Waals surface area (Å²) in [5, 5.41) is 0.0392. The zero-order valence-electron chi connectivity index (χ0n) is 7.67. The summed E-state index contributed by atoms with van der Waals surface area (Å²) in [5.41, 5.74) is 0. The largest absolute Gasteiger partial charge is 0.456 e.